The van der Waals surface area contributed by atoms with Gasteiger partial charge in [-0.1, -0.05) is 23.7 Å². The van der Waals surface area contributed by atoms with Gasteiger partial charge in [-0.2, -0.15) is 4.98 Å². The second kappa shape index (κ2) is 8.40. The van der Waals surface area contributed by atoms with Gasteiger partial charge in [0.2, 0.25) is 5.95 Å². The Morgan fingerprint density at radius 3 is 2.69 bits per heavy atom. The summed E-state index contributed by atoms with van der Waals surface area (Å²) in [6.45, 7) is 6.14. The largest absolute Gasteiger partial charge is 0.380 e. The van der Waals surface area contributed by atoms with Gasteiger partial charge in [0, 0.05) is 32.8 Å². The Balaban J connectivity index is 1.99. The van der Waals surface area contributed by atoms with Crippen LogP contribution in [0.4, 0.5) is 5.95 Å². The zero-order chi connectivity index (χ0) is 20.4. The van der Waals surface area contributed by atoms with Gasteiger partial charge < -0.3 is 15.0 Å². The number of halogens is 1. The number of rotatable bonds is 6. The first-order chi connectivity index (χ1) is 14.1. The molecule has 1 saturated heterocycles. The fourth-order valence-corrected chi connectivity index (χ4v) is 3.78. The first-order valence-corrected chi connectivity index (χ1v) is 10.0. The predicted octanol–water partition coefficient (Wildman–Crippen LogP) is 0.975. The number of aromatic amines is 1. The smallest absolute Gasteiger partial charge is 0.330 e. The molecule has 4 rings (SSSR count). The number of hydrogen-bond acceptors (Lipinski definition) is 6. The molecule has 0 aliphatic carbocycles. The lowest BCUT2D eigenvalue weighted by Crippen LogP contribution is -2.44. The van der Waals surface area contributed by atoms with Crippen LogP contribution in [0.3, 0.4) is 0 Å². The van der Waals surface area contributed by atoms with E-state index in [2.05, 4.69) is 15.2 Å². The zero-order valence-corrected chi connectivity index (χ0v) is 16.9. The Kier molecular flexibility index (Phi) is 5.70. The third kappa shape index (κ3) is 3.68. The highest BCUT2D eigenvalue weighted by Crippen LogP contribution is 2.29. The molecule has 0 spiro atoms. The summed E-state index contributed by atoms with van der Waals surface area (Å²) in [6, 6.07) is 7.29. The minimum Gasteiger partial charge on any atom is -0.380 e. The van der Waals surface area contributed by atoms with Crippen molar-refractivity contribution in [2.75, 3.05) is 44.3 Å². The fourth-order valence-electron chi connectivity index (χ4n) is 3.55. The Bertz CT molecular complexity index is 1130. The van der Waals surface area contributed by atoms with E-state index in [0.29, 0.717) is 47.6 Å². The highest BCUT2D eigenvalue weighted by atomic mass is 35.5. The molecule has 2 aromatic heterocycles. The van der Waals surface area contributed by atoms with Gasteiger partial charge in [-0.3, -0.25) is 18.9 Å². The van der Waals surface area contributed by atoms with E-state index in [1.165, 1.54) is 4.57 Å². The van der Waals surface area contributed by atoms with Crippen LogP contribution in [0.2, 0.25) is 5.02 Å². The van der Waals surface area contributed by atoms with Crippen molar-refractivity contribution < 1.29 is 4.74 Å². The molecular formula is C19H23ClN6O3. The average molecular weight is 419 g/mol. The molecule has 154 valence electrons. The number of fused-ring (bicyclic) bond motifs is 1. The fraction of sp³-hybridized carbons (Fsp3) is 0.421. The minimum absolute atomic E-state index is 0.292. The monoisotopic (exact) mass is 418 g/mol. The maximum absolute atomic E-state index is 12.8. The van der Waals surface area contributed by atoms with Gasteiger partial charge in [0.25, 0.3) is 5.56 Å². The quantitative estimate of drug-likeness (QED) is 0.579. The summed E-state index contributed by atoms with van der Waals surface area (Å²) in [5.41, 5.74) is 0.268. The lowest BCUT2D eigenvalue weighted by molar-refractivity contribution is 0.139. The number of nitrogens with one attached hydrogen (secondary N) is 2. The van der Waals surface area contributed by atoms with Crippen molar-refractivity contribution in [1.82, 2.24) is 24.4 Å². The molecule has 0 amide bonds. The Labute approximate surface area is 171 Å². The van der Waals surface area contributed by atoms with Crippen molar-refractivity contribution in [3.05, 3.63) is 50.1 Å². The number of anilines is 1. The molecule has 10 heteroatoms. The van der Waals surface area contributed by atoms with Gasteiger partial charge in [-0.25, -0.2) is 4.79 Å². The van der Waals surface area contributed by atoms with Gasteiger partial charge in [-0.05, 0) is 19.1 Å². The summed E-state index contributed by atoms with van der Waals surface area (Å²) in [4.78, 5) is 34.6. The van der Waals surface area contributed by atoms with E-state index in [4.69, 9.17) is 21.3 Å². The number of H-pyrrole nitrogens is 1. The normalized spacial score (nSPS) is 14.6. The number of benzene rings is 1. The van der Waals surface area contributed by atoms with Crippen molar-refractivity contribution in [2.45, 2.75) is 13.5 Å². The molecule has 0 saturated carbocycles. The van der Waals surface area contributed by atoms with Gasteiger partial charge >= 0.3 is 5.69 Å². The van der Waals surface area contributed by atoms with Crippen LogP contribution < -0.4 is 21.5 Å². The molecule has 9 nitrogen and oxygen atoms in total. The summed E-state index contributed by atoms with van der Waals surface area (Å²) >= 11 is 6.47. The molecule has 0 atom stereocenters. The van der Waals surface area contributed by atoms with E-state index in [9.17, 15) is 9.59 Å². The third-order valence-corrected chi connectivity index (χ3v) is 5.25. The average Bonchev–Trinajstić information content (AvgIpc) is 3.12. The van der Waals surface area contributed by atoms with Crippen LogP contribution in [-0.4, -0.2) is 58.5 Å². The molecule has 2 N–H and O–H groups in total. The molecule has 29 heavy (non-hydrogen) atoms. The molecule has 0 bridgehead atoms. The minimum atomic E-state index is -0.502. The van der Waals surface area contributed by atoms with Crippen LogP contribution in [0, 0.1) is 0 Å². The molecule has 1 aliphatic rings. The summed E-state index contributed by atoms with van der Waals surface area (Å²) in [6.07, 6.45) is 0. The molecular weight excluding hydrogens is 396 g/mol. The van der Waals surface area contributed by atoms with Crippen LogP contribution in [0.25, 0.3) is 16.9 Å². The molecule has 0 unspecified atom stereocenters. The first-order valence-electron chi connectivity index (χ1n) is 9.65. The number of imidazole rings is 1. The summed E-state index contributed by atoms with van der Waals surface area (Å²) in [5, 5.41) is 3.81. The van der Waals surface area contributed by atoms with Gasteiger partial charge in [-0.15, -0.1) is 0 Å². The van der Waals surface area contributed by atoms with Crippen molar-refractivity contribution in [2.24, 2.45) is 0 Å². The van der Waals surface area contributed by atoms with Crippen LogP contribution in [0.5, 0.6) is 0 Å². The van der Waals surface area contributed by atoms with Crippen molar-refractivity contribution in [3.63, 3.8) is 0 Å². The molecule has 1 aromatic carbocycles. The van der Waals surface area contributed by atoms with Gasteiger partial charge in [0.1, 0.15) is 0 Å². The van der Waals surface area contributed by atoms with E-state index >= 15 is 0 Å². The summed E-state index contributed by atoms with van der Waals surface area (Å²) in [5.74, 6) is 0.593. The molecule has 1 fully saturated rings. The standard InChI is InChI=1S/C19H23ClN6O3/c1-2-29-12-11-25-16-15(17(27)23-19(25)28)26(14-6-4-3-5-13(14)20)18(22-16)24-9-7-21-8-10-24/h3-6,21H,2,7-12H2,1H3,(H,23,27,28). The number of piperazine rings is 1. The Morgan fingerprint density at radius 2 is 1.97 bits per heavy atom. The lowest BCUT2D eigenvalue weighted by Gasteiger charge is -2.28. The number of para-hydroxylation sites is 1. The number of nitrogens with zero attached hydrogens (tertiary/aromatic N) is 4. The second-order valence-electron chi connectivity index (χ2n) is 6.72. The number of ether oxygens (including phenoxy) is 1. The first kappa shape index (κ1) is 19.7. The van der Waals surface area contributed by atoms with Crippen molar-refractivity contribution >= 4 is 28.7 Å². The Morgan fingerprint density at radius 1 is 1.21 bits per heavy atom. The summed E-state index contributed by atoms with van der Waals surface area (Å²) < 4.78 is 8.60. The maximum atomic E-state index is 12.8. The highest BCUT2D eigenvalue weighted by molar-refractivity contribution is 6.32. The van der Waals surface area contributed by atoms with Crippen molar-refractivity contribution in [3.8, 4) is 5.69 Å². The van der Waals surface area contributed by atoms with E-state index in [0.717, 1.165) is 26.2 Å². The van der Waals surface area contributed by atoms with E-state index < -0.39 is 11.2 Å². The molecule has 0 radical (unpaired) electrons. The van der Waals surface area contributed by atoms with E-state index in [-0.39, 0.29) is 0 Å². The molecule has 3 heterocycles. The van der Waals surface area contributed by atoms with E-state index in [1.807, 2.05) is 25.1 Å². The second-order valence-corrected chi connectivity index (χ2v) is 7.12. The van der Waals surface area contributed by atoms with E-state index in [1.54, 1.807) is 10.6 Å². The van der Waals surface area contributed by atoms with Crippen LogP contribution >= 0.6 is 11.6 Å². The van der Waals surface area contributed by atoms with Crippen LogP contribution in [0.15, 0.2) is 33.9 Å². The lowest BCUT2D eigenvalue weighted by atomic mass is 10.3. The maximum Gasteiger partial charge on any atom is 0.330 e. The highest BCUT2D eigenvalue weighted by Gasteiger charge is 2.25. The Hall–Kier alpha value is -2.62. The van der Waals surface area contributed by atoms with Crippen molar-refractivity contribution in [1.29, 1.82) is 0 Å². The van der Waals surface area contributed by atoms with Gasteiger partial charge in [0.15, 0.2) is 11.2 Å². The topological polar surface area (TPSA) is 97.2 Å². The third-order valence-electron chi connectivity index (χ3n) is 4.93. The van der Waals surface area contributed by atoms with Crippen LogP contribution in [-0.2, 0) is 11.3 Å². The predicted molar refractivity (Wildman–Crippen MR) is 113 cm³/mol. The van der Waals surface area contributed by atoms with Gasteiger partial charge in [0.05, 0.1) is 23.9 Å². The SMILES string of the molecule is CCOCCn1c(=O)[nH]c(=O)c2c1nc(N1CCNCC1)n2-c1ccccc1Cl. The zero-order valence-electron chi connectivity index (χ0n) is 16.2. The number of aromatic nitrogens is 4. The number of hydrogen-bond donors (Lipinski definition) is 2. The summed E-state index contributed by atoms with van der Waals surface area (Å²) in [7, 11) is 0. The molecule has 1 aliphatic heterocycles. The van der Waals surface area contributed by atoms with Crippen LogP contribution in [0.1, 0.15) is 6.92 Å². The molecule has 3 aromatic rings.